The Hall–Kier alpha value is -3.82. The fraction of sp³-hybridized carbons (Fsp3) is 0.200. The number of morpholine rings is 1. The fourth-order valence-electron chi connectivity index (χ4n) is 3.97. The summed E-state index contributed by atoms with van der Waals surface area (Å²) in [5, 5.41) is 15.2. The Kier molecular flexibility index (Phi) is 5.95. The van der Waals surface area contributed by atoms with Gasteiger partial charge in [-0.05, 0) is 36.8 Å². The standard InChI is InChI=1S/C25H22N4O4S/c1-16-6-7-17(25-27-20-4-2-3-5-23(20)34-25)14-21(16)26-24(30)19-15-18(29(31)32)8-9-22(19)28-10-12-33-13-11-28/h2-9,14-15H,10-13H2,1H3,(H,26,30). The van der Waals surface area contributed by atoms with Crippen molar-refractivity contribution in [3.05, 3.63) is 81.9 Å². The lowest BCUT2D eigenvalue weighted by atomic mass is 10.1. The number of rotatable bonds is 5. The number of ether oxygens (including phenoxy) is 1. The van der Waals surface area contributed by atoms with E-state index in [0.29, 0.717) is 37.7 Å². The molecule has 1 amide bonds. The minimum atomic E-state index is -0.487. The molecule has 0 unspecified atom stereocenters. The highest BCUT2D eigenvalue weighted by atomic mass is 32.1. The molecule has 1 aliphatic rings. The first-order chi connectivity index (χ1) is 16.5. The van der Waals surface area contributed by atoms with Crippen molar-refractivity contribution in [2.75, 3.05) is 36.5 Å². The van der Waals surface area contributed by atoms with Gasteiger partial charge in [-0.25, -0.2) is 4.98 Å². The van der Waals surface area contributed by atoms with Crippen LogP contribution < -0.4 is 10.2 Å². The number of hydrogen-bond donors (Lipinski definition) is 1. The van der Waals surface area contributed by atoms with E-state index in [2.05, 4.69) is 5.32 Å². The van der Waals surface area contributed by atoms with Crippen LogP contribution in [-0.4, -0.2) is 42.1 Å². The average Bonchev–Trinajstić information content (AvgIpc) is 3.30. The molecule has 1 N–H and O–H groups in total. The highest BCUT2D eigenvalue weighted by Crippen LogP contribution is 2.33. The van der Waals surface area contributed by atoms with Crippen LogP contribution >= 0.6 is 11.3 Å². The second-order valence-corrected chi connectivity index (χ2v) is 9.06. The van der Waals surface area contributed by atoms with Gasteiger partial charge >= 0.3 is 0 Å². The van der Waals surface area contributed by atoms with Crippen molar-refractivity contribution >= 4 is 44.5 Å². The second-order valence-electron chi connectivity index (χ2n) is 8.03. The molecule has 0 aliphatic carbocycles. The number of fused-ring (bicyclic) bond motifs is 1. The predicted octanol–water partition coefficient (Wildman–Crippen LogP) is 5.27. The quantitative estimate of drug-likeness (QED) is 0.313. The lowest BCUT2D eigenvalue weighted by Gasteiger charge is -2.30. The van der Waals surface area contributed by atoms with Crippen LogP contribution in [0.3, 0.4) is 0 Å². The first-order valence-corrected chi connectivity index (χ1v) is 11.7. The normalized spacial score (nSPS) is 13.7. The van der Waals surface area contributed by atoms with Gasteiger partial charge < -0.3 is 15.0 Å². The number of amides is 1. The highest BCUT2D eigenvalue weighted by Gasteiger charge is 2.23. The van der Waals surface area contributed by atoms with E-state index in [4.69, 9.17) is 9.72 Å². The average molecular weight is 475 g/mol. The Morgan fingerprint density at radius 3 is 2.68 bits per heavy atom. The number of aromatic nitrogens is 1. The second kappa shape index (κ2) is 9.20. The number of nitrogens with one attached hydrogen (secondary N) is 1. The number of nitrogens with zero attached hydrogens (tertiary/aromatic N) is 3. The number of anilines is 2. The van der Waals surface area contributed by atoms with Crippen LogP contribution in [0.5, 0.6) is 0 Å². The Morgan fingerprint density at radius 2 is 1.91 bits per heavy atom. The van der Waals surface area contributed by atoms with Crippen LogP contribution in [0, 0.1) is 17.0 Å². The van der Waals surface area contributed by atoms with E-state index in [9.17, 15) is 14.9 Å². The molecular weight excluding hydrogens is 452 g/mol. The van der Waals surface area contributed by atoms with Gasteiger partial charge in [0.1, 0.15) is 5.01 Å². The molecule has 9 heteroatoms. The van der Waals surface area contributed by atoms with Crippen LogP contribution in [0.1, 0.15) is 15.9 Å². The Labute approximate surface area is 200 Å². The molecule has 2 heterocycles. The molecule has 0 saturated carbocycles. The van der Waals surface area contributed by atoms with E-state index in [0.717, 1.165) is 26.4 Å². The van der Waals surface area contributed by atoms with Crippen molar-refractivity contribution < 1.29 is 14.5 Å². The lowest BCUT2D eigenvalue weighted by Crippen LogP contribution is -2.37. The minimum absolute atomic E-state index is 0.123. The van der Waals surface area contributed by atoms with Crippen LogP contribution in [0.25, 0.3) is 20.8 Å². The molecule has 0 atom stereocenters. The molecule has 172 valence electrons. The van der Waals surface area contributed by atoms with Crippen molar-refractivity contribution in [3.63, 3.8) is 0 Å². The number of hydrogen-bond acceptors (Lipinski definition) is 7. The molecule has 1 aliphatic heterocycles. The van der Waals surface area contributed by atoms with Crippen LogP contribution in [0.2, 0.25) is 0 Å². The van der Waals surface area contributed by atoms with Crippen molar-refractivity contribution in [3.8, 4) is 10.6 Å². The molecular formula is C25H22N4O4S. The van der Waals surface area contributed by atoms with Crippen LogP contribution in [0.15, 0.2) is 60.7 Å². The van der Waals surface area contributed by atoms with Crippen LogP contribution in [-0.2, 0) is 4.74 Å². The maximum atomic E-state index is 13.4. The summed E-state index contributed by atoms with van der Waals surface area (Å²) in [4.78, 5) is 31.0. The molecule has 34 heavy (non-hydrogen) atoms. The van der Waals surface area contributed by atoms with E-state index in [1.165, 1.54) is 12.1 Å². The minimum Gasteiger partial charge on any atom is -0.378 e. The molecule has 5 rings (SSSR count). The largest absolute Gasteiger partial charge is 0.378 e. The third-order valence-corrected chi connectivity index (χ3v) is 6.90. The molecule has 1 saturated heterocycles. The predicted molar refractivity (Wildman–Crippen MR) is 134 cm³/mol. The molecule has 0 radical (unpaired) electrons. The van der Waals surface area contributed by atoms with E-state index in [1.54, 1.807) is 17.4 Å². The number of nitro benzene ring substituents is 1. The monoisotopic (exact) mass is 474 g/mol. The van der Waals surface area contributed by atoms with E-state index in [-0.39, 0.29) is 11.3 Å². The first kappa shape index (κ1) is 22.0. The summed E-state index contributed by atoms with van der Waals surface area (Å²) in [6.45, 7) is 4.23. The first-order valence-electron chi connectivity index (χ1n) is 10.9. The smallest absolute Gasteiger partial charge is 0.270 e. The third-order valence-electron chi connectivity index (χ3n) is 5.81. The molecule has 1 aromatic heterocycles. The lowest BCUT2D eigenvalue weighted by molar-refractivity contribution is -0.384. The molecule has 3 aromatic carbocycles. The number of para-hydroxylation sites is 1. The zero-order valence-corrected chi connectivity index (χ0v) is 19.3. The number of aryl methyl sites for hydroxylation is 1. The summed E-state index contributed by atoms with van der Waals surface area (Å²) in [5.41, 5.74) is 4.15. The van der Waals surface area contributed by atoms with Crippen molar-refractivity contribution in [2.45, 2.75) is 6.92 Å². The maximum absolute atomic E-state index is 13.4. The third kappa shape index (κ3) is 4.35. The highest BCUT2D eigenvalue weighted by molar-refractivity contribution is 7.21. The molecule has 8 nitrogen and oxygen atoms in total. The SMILES string of the molecule is Cc1ccc(-c2nc3ccccc3s2)cc1NC(=O)c1cc([N+](=O)[O-])ccc1N1CCOCC1. The Balaban J connectivity index is 1.48. The molecule has 1 fully saturated rings. The fourth-order valence-corrected chi connectivity index (χ4v) is 4.94. The number of thiazole rings is 1. The molecule has 0 bridgehead atoms. The van der Waals surface area contributed by atoms with Gasteiger partial charge in [0.15, 0.2) is 0 Å². The van der Waals surface area contributed by atoms with Gasteiger partial charge in [-0.3, -0.25) is 14.9 Å². The summed E-state index contributed by atoms with van der Waals surface area (Å²) < 4.78 is 6.51. The topological polar surface area (TPSA) is 97.6 Å². The number of nitro groups is 1. The number of carbonyl (C=O) groups is 1. The summed E-state index contributed by atoms with van der Waals surface area (Å²) >= 11 is 1.59. The summed E-state index contributed by atoms with van der Waals surface area (Å²) in [5.74, 6) is -0.394. The molecule has 0 spiro atoms. The van der Waals surface area contributed by atoms with E-state index in [1.807, 2.05) is 54.3 Å². The van der Waals surface area contributed by atoms with Crippen molar-refractivity contribution in [2.24, 2.45) is 0 Å². The van der Waals surface area contributed by atoms with Gasteiger partial charge in [-0.2, -0.15) is 0 Å². The van der Waals surface area contributed by atoms with Gasteiger partial charge in [-0.15, -0.1) is 11.3 Å². The zero-order chi connectivity index (χ0) is 23.7. The van der Waals surface area contributed by atoms with E-state index >= 15 is 0 Å². The Morgan fingerprint density at radius 1 is 1.12 bits per heavy atom. The van der Waals surface area contributed by atoms with Gasteiger partial charge in [0, 0.05) is 36.5 Å². The van der Waals surface area contributed by atoms with Crippen molar-refractivity contribution in [1.82, 2.24) is 4.98 Å². The summed E-state index contributed by atoms with van der Waals surface area (Å²) in [6.07, 6.45) is 0. The van der Waals surface area contributed by atoms with Gasteiger partial charge in [0.05, 0.1) is 39.6 Å². The van der Waals surface area contributed by atoms with Gasteiger partial charge in [0.2, 0.25) is 0 Å². The van der Waals surface area contributed by atoms with E-state index < -0.39 is 10.8 Å². The number of non-ortho nitro benzene ring substituents is 1. The summed E-state index contributed by atoms with van der Waals surface area (Å²) in [7, 11) is 0. The van der Waals surface area contributed by atoms with Crippen LogP contribution in [0.4, 0.5) is 17.1 Å². The zero-order valence-electron chi connectivity index (χ0n) is 18.5. The van der Waals surface area contributed by atoms with Gasteiger partial charge in [0.25, 0.3) is 11.6 Å². The maximum Gasteiger partial charge on any atom is 0.270 e. The number of benzene rings is 3. The Bertz CT molecular complexity index is 1360. The molecule has 4 aromatic rings. The van der Waals surface area contributed by atoms with Gasteiger partial charge in [-0.1, -0.05) is 24.3 Å². The van der Waals surface area contributed by atoms with Crippen molar-refractivity contribution in [1.29, 1.82) is 0 Å². The summed E-state index contributed by atoms with van der Waals surface area (Å²) in [6, 6.07) is 18.2. The number of carbonyl (C=O) groups excluding carboxylic acids is 1.